The SMILES string of the molecule is CC1CCCCN1CC(=O)Nc1ccc(F)c(Cl)c1. The van der Waals surface area contributed by atoms with Gasteiger partial charge in [0.2, 0.25) is 5.91 Å². The van der Waals surface area contributed by atoms with Gasteiger partial charge in [-0.05, 0) is 44.5 Å². The van der Waals surface area contributed by atoms with Gasteiger partial charge in [-0.15, -0.1) is 0 Å². The first-order valence-electron chi connectivity index (χ1n) is 6.55. The van der Waals surface area contributed by atoms with Crippen LogP contribution in [0.25, 0.3) is 0 Å². The van der Waals surface area contributed by atoms with Crippen molar-refractivity contribution in [1.82, 2.24) is 4.90 Å². The molecule has 3 nitrogen and oxygen atoms in total. The zero-order valence-corrected chi connectivity index (χ0v) is 11.7. The summed E-state index contributed by atoms with van der Waals surface area (Å²) in [7, 11) is 0. The highest BCUT2D eigenvalue weighted by Gasteiger charge is 2.20. The fraction of sp³-hybridized carbons (Fsp3) is 0.500. The van der Waals surface area contributed by atoms with Crippen molar-refractivity contribution in [2.24, 2.45) is 0 Å². The molecule has 104 valence electrons. The zero-order chi connectivity index (χ0) is 13.8. The Morgan fingerprint density at radius 2 is 2.32 bits per heavy atom. The molecule has 1 aromatic carbocycles. The van der Waals surface area contributed by atoms with E-state index in [0.29, 0.717) is 18.3 Å². The molecule has 0 aliphatic carbocycles. The largest absolute Gasteiger partial charge is 0.325 e. The molecular formula is C14H18ClFN2O. The molecule has 1 aliphatic heterocycles. The van der Waals surface area contributed by atoms with E-state index in [1.54, 1.807) is 0 Å². The van der Waals surface area contributed by atoms with Gasteiger partial charge in [-0.2, -0.15) is 0 Å². The predicted molar refractivity (Wildman–Crippen MR) is 74.9 cm³/mol. The van der Waals surface area contributed by atoms with E-state index in [2.05, 4.69) is 17.1 Å². The molecule has 1 unspecified atom stereocenters. The van der Waals surface area contributed by atoms with Gasteiger partial charge in [0.05, 0.1) is 11.6 Å². The molecule has 1 fully saturated rings. The van der Waals surface area contributed by atoms with E-state index >= 15 is 0 Å². The van der Waals surface area contributed by atoms with E-state index in [1.807, 2.05) is 0 Å². The average molecular weight is 285 g/mol. The lowest BCUT2D eigenvalue weighted by Crippen LogP contribution is -2.42. The normalized spacial score (nSPS) is 20.3. The summed E-state index contributed by atoms with van der Waals surface area (Å²) in [6.07, 6.45) is 3.50. The Morgan fingerprint density at radius 3 is 3.00 bits per heavy atom. The van der Waals surface area contributed by atoms with Crippen LogP contribution in [-0.2, 0) is 4.79 Å². The van der Waals surface area contributed by atoms with Crippen molar-refractivity contribution >= 4 is 23.2 Å². The van der Waals surface area contributed by atoms with E-state index in [1.165, 1.54) is 24.6 Å². The number of carbonyl (C=O) groups is 1. The Morgan fingerprint density at radius 1 is 1.53 bits per heavy atom. The third kappa shape index (κ3) is 3.91. The van der Waals surface area contributed by atoms with E-state index in [4.69, 9.17) is 11.6 Å². The van der Waals surface area contributed by atoms with Crippen LogP contribution in [0.1, 0.15) is 26.2 Å². The first-order chi connectivity index (χ1) is 9.06. The number of piperidine rings is 1. The molecule has 0 aromatic heterocycles. The minimum atomic E-state index is -0.482. The van der Waals surface area contributed by atoms with Crippen molar-refractivity contribution in [3.8, 4) is 0 Å². The van der Waals surface area contributed by atoms with E-state index in [9.17, 15) is 9.18 Å². The molecule has 1 N–H and O–H groups in total. The number of hydrogen-bond donors (Lipinski definition) is 1. The summed E-state index contributed by atoms with van der Waals surface area (Å²) >= 11 is 5.68. The van der Waals surface area contributed by atoms with Crippen molar-refractivity contribution in [2.75, 3.05) is 18.4 Å². The highest BCUT2D eigenvalue weighted by Crippen LogP contribution is 2.20. The van der Waals surface area contributed by atoms with Gasteiger partial charge in [0.25, 0.3) is 0 Å². The van der Waals surface area contributed by atoms with Gasteiger partial charge in [-0.1, -0.05) is 18.0 Å². The number of benzene rings is 1. The maximum atomic E-state index is 13.0. The first-order valence-corrected chi connectivity index (χ1v) is 6.93. The Balaban J connectivity index is 1.91. The molecule has 1 aromatic rings. The molecule has 1 saturated heterocycles. The maximum Gasteiger partial charge on any atom is 0.238 e. The summed E-state index contributed by atoms with van der Waals surface area (Å²) in [6.45, 7) is 3.47. The average Bonchev–Trinajstić information content (AvgIpc) is 2.37. The van der Waals surface area contributed by atoms with Gasteiger partial charge in [-0.25, -0.2) is 4.39 Å². The number of nitrogens with zero attached hydrogens (tertiary/aromatic N) is 1. The predicted octanol–water partition coefficient (Wildman–Crippen LogP) is 3.29. The maximum absolute atomic E-state index is 13.0. The van der Waals surface area contributed by atoms with Gasteiger partial charge < -0.3 is 5.32 Å². The van der Waals surface area contributed by atoms with Gasteiger partial charge in [0.1, 0.15) is 5.82 Å². The fourth-order valence-corrected chi connectivity index (χ4v) is 2.53. The topological polar surface area (TPSA) is 32.3 Å². The van der Waals surface area contributed by atoms with Crippen molar-refractivity contribution in [1.29, 1.82) is 0 Å². The van der Waals surface area contributed by atoms with E-state index in [-0.39, 0.29) is 10.9 Å². The lowest BCUT2D eigenvalue weighted by molar-refractivity contribution is -0.118. The molecule has 1 heterocycles. The zero-order valence-electron chi connectivity index (χ0n) is 11.0. The van der Waals surface area contributed by atoms with Gasteiger partial charge in [-0.3, -0.25) is 9.69 Å². The summed E-state index contributed by atoms with van der Waals surface area (Å²) in [5.74, 6) is -0.569. The van der Waals surface area contributed by atoms with Crippen LogP contribution < -0.4 is 5.32 Å². The smallest absolute Gasteiger partial charge is 0.238 e. The number of anilines is 1. The molecule has 0 saturated carbocycles. The Bertz CT molecular complexity index is 467. The number of hydrogen-bond acceptors (Lipinski definition) is 2. The van der Waals surface area contributed by atoms with Crippen molar-refractivity contribution in [3.05, 3.63) is 29.0 Å². The van der Waals surface area contributed by atoms with Crippen LogP contribution in [0.3, 0.4) is 0 Å². The third-order valence-corrected chi connectivity index (χ3v) is 3.78. The number of nitrogens with one attached hydrogen (secondary N) is 1. The summed E-state index contributed by atoms with van der Waals surface area (Å²) in [6, 6.07) is 4.63. The van der Waals surface area contributed by atoms with Gasteiger partial charge >= 0.3 is 0 Å². The number of carbonyl (C=O) groups excluding carboxylic acids is 1. The molecular weight excluding hydrogens is 267 g/mol. The molecule has 19 heavy (non-hydrogen) atoms. The molecule has 1 atom stereocenters. The summed E-state index contributed by atoms with van der Waals surface area (Å²) < 4.78 is 13.0. The molecule has 0 spiro atoms. The Kier molecular flexibility index (Phi) is 4.77. The lowest BCUT2D eigenvalue weighted by atomic mass is 10.0. The summed E-state index contributed by atoms with van der Waals surface area (Å²) in [5, 5.41) is 2.76. The standard InChI is InChI=1S/C14H18ClFN2O/c1-10-4-2-3-7-18(10)9-14(19)17-11-5-6-13(16)12(15)8-11/h5-6,8,10H,2-4,7,9H2,1H3,(H,17,19). The van der Waals surface area contributed by atoms with Crippen molar-refractivity contribution < 1.29 is 9.18 Å². The quantitative estimate of drug-likeness (QED) is 0.924. The molecule has 5 heteroatoms. The molecule has 1 aliphatic rings. The Labute approximate surface area is 117 Å². The van der Waals surface area contributed by atoms with Crippen LogP contribution in [0.4, 0.5) is 10.1 Å². The number of halogens is 2. The van der Waals surface area contributed by atoms with Crippen LogP contribution in [0.5, 0.6) is 0 Å². The van der Waals surface area contributed by atoms with Crippen LogP contribution in [-0.4, -0.2) is 29.9 Å². The second kappa shape index (κ2) is 6.35. The Hall–Kier alpha value is -1.13. The minimum Gasteiger partial charge on any atom is -0.325 e. The molecule has 2 rings (SSSR count). The first kappa shape index (κ1) is 14.3. The van der Waals surface area contributed by atoms with Gasteiger partial charge in [0.15, 0.2) is 0 Å². The molecule has 1 amide bonds. The van der Waals surface area contributed by atoms with Crippen LogP contribution in [0, 0.1) is 5.82 Å². The fourth-order valence-electron chi connectivity index (χ4n) is 2.35. The lowest BCUT2D eigenvalue weighted by Gasteiger charge is -2.32. The van der Waals surface area contributed by atoms with E-state index < -0.39 is 5.82 Å². The van der Waals surface area contributed by atoms with Crippen LogP contribution >= 0.6 is 11.6 Å². The number of rotatable bonds is 3. The summed E-state index contributed by atoms with van der Waals surface area (Å²) in [4.78, 5) is 14.1. The van der Waals surface area contributed by atoms with Crippen molar-refractivity contribution in [3.63, 3.8) is 0 Å². The number of likely N-dealkylation sites (tertiary alicyclic amines) is 1. The van der Waals surface area contributed by atoms with E-state index in [0.717, 1.165) is 19.4 Å². The van der Waals surface area contributed by atoms with Crippen LogP contribution in [0.2, 0.25) is 5.02 Å². The second-order valence-electron chi connectivity index (χ2n) is 4.99. The van der Waals surface area contributed by atoms with Crippen molar-refractivity contribution in [2.45, 2.75) is 32.2 Å². The van der Waals surface area contributed by atoms with Crippen LogP contribution in [0.15, 0.2) is 18.2 Å². The third-order valence-electron chi connectivity index (χ3n) is 3.49. The monoisotopic (exact) mass is 284 g/mol. The highest BCUT2D eigenvalue weighted by atomic mass is 35.5. The number of amides is 1. The second-order valence-corrected chi connectivity index (χ2v) is 5.40. The minimum absolute atomic E-state index is 0.0177. The highest BCUT2D eigenvalue weighted by molar-refractivity contribution is 6.31. The van der Waals surface area contributed by atoms with Gasteiger partial charge in [0, 0.05) is 11.7 Å². The molecule has 0 radical (unpaired) electrons. The molecule has 0 bridgehead atoms. The summed E-state index contributed by atoms with van der Waals surface area (Å²) in [5.41, 5.74) is 0.529.